The Balaban J connectivity index is 1.80. The van der Waals surface area contributed by atoms with Gasteiger partial charge >= 0.3 is 0 Å². The number of anilines is 1. The molecule has 1 N–H and O–H groups in total. The number of hydrogen-bond acceptors (Lipinski definition) is 5. The first-order valence-electron chi connectivity index (χ1n) is 5.68. The van der Waals surface area contributed by atoms with Crippen molar-refractivity contribution in [2.75, 3.05) is 11.4 Å². The van der Waals surface area contributed by atoms with Gasteiger partial charge in [-0.25, -0.2) is 0 Å². The maximum Gasteiger partial charge on any atom is 0.217 e. The molecule has 3 atom stereocenters. The molecule has 1 aliphatic carbocycles. The molecule has 0 unspecified atom stereocenters. The molecule has 0 radical (unpaired) electrons. The van der Waals surface area contributed by atoms with E-state index in [2.05, 4.69) is 36.3 Å². The summed E-state index contributed by atoms with van der Waals surface area (Å²) in [5, 5.41) is 12.2. The molecule has 92 valence electrons. The van der Waals surface area contributed by atoms with Gasteiger partial charge < -0.3 is 10.2 Å². The Morgan fingerprint density at radius 2 is 2.35 bits per heavy atom. The molecule has 0 aromatic carbocycles. The fourth-order valence-corrected chi connectivity index (χ4v) is 4.14. The minimum atomic E-state index is 0.0622. The average molecular weight is 317 g/mol. The van der Waals surface area contributed by atoms with Crippen LogP contribution in [0.2, 0.25) is 0 Å². The van der Waals surface area contributed by atoms with Crippen molar-refractivity contribution < 1.29 is 4.79 Å². The summed E-state index contributed by atoms with van der Waals surface area (Å²) in [6, 6.07) is 0.680. The second kappa shape index (κ2) is 4.20. The molecule has 5 nitrogen and oxygen atoms in total. The Morgan fingerprint density at radius 1 is 1.53 bits per heavy atom. The molecule has 1 aromatic rings. The van der Waals surface area contributed by atoms with E-state index in [0.29, 0.717) is 12.0 Å². The largest absolute Gasteiger partial charge is 0.351 e. The van der Waals surface area contributed by atoms with Crippen molar-refractivity contribution in [3.63, 3.8) is 0 Å². The molecule has 3 rings (SSSR count). The highest BCUT2D eigenvalue weighted by Gasteiger charge is 2.48. The summed E-state index contributed by atoms with van der Waals surface area (Å²) in [7, 11) is 0. The summed E-state index contributed by atoms with van der Waals surface area (Å²) in [4.78, 5) is 13.5. The minimum absolute atomic E-state index is 0.0622. The molecule has 1 saturated heterocycles. The van der Waals surface area contributed by atoms with Crippen LogP contribution < -0.4 is 10.2 Å². The first kappa shape index (κ1) is 11.4. The van der Waals surface area contributed by atoms with E-state index in [1.807, 2.05) is 0 Å². The molecule has 17 heavy (non-hydrogen) atoms. The Bertz CT molecular complexity index is 451. The minimum Gasteiger partial charge on any atom is -0.351 e. The Labute approximate surface area is 112 Å². The molecule has 7 heteroatoms. The zero-order valence-corrected chi connectivity index (χ0v) is 11.8. The number of carbonyl (C=O) groups excluding carboxylic acids is 1. The highest BCUT2D eigenvalue weighted by molar-refractivity contribution is 9.11. The lowest BCUT2D eigenvalue weighted by Gasteiger charge is -2.26. The van der Waals surface area contributed by atoms with Crippen molar-refractivity contribution in [2.45, 2.75) is 31.8 Å². The van der Waals surface area contributed by atoms with Gasteiger partial charge in [-0.3, -0.25) is 4.79 Å². The average Bonchev–Trinajstić information content (AvgIpc) is 2.93. The Kier molecular flexibility index (Phi) is 2.82. The highest BCUT2D eigenvalue weighted by Crippen LogP contribution is 2.41. The molecule has 1 saturated carbocycles. The molecule has 1 aliphatic heterocycles. The van der Waals surface area contributed by atoms with Crippen molar-refractivity contribution in [3.05, 3.63) is 3.92 Å². The van der Waals surface area contributed by atoms with Crippen LogP contribution in [0, 0.1) is 5.92 Å². The van der Waals surface area contributed by atoms with Gasteiger partial charge in [0.2, 0.25) is 11.0 Å². The summed E-state index contributed by atoms with van der Waals surface area (Å²) >= 11 is 4.89. The van der Waals surface area contributed by atoms with Crippen LogP contribution in [0.1, 0.15) is 19.8 Å². The van der Waals surface area contributed by atoms with E-state index in [-0.39, 0.29) is 11.9 Å². The summed E-state index contributed by atoms with van der Waals surface area (Å²) in [5.41, 5.74) is 0. The van der Waals surface area contributed by atoms with E-state index in [0.717, 1.165) is 22.0 Å². The lowest BCUT2D eigenvalue weighted by Crippen LogP contribution is -2.42. The number of nitrogens with one attached hydrogen (secondary N) is 1. The molecule has 1 aromatic heterocycles. The van der Waals surface area contributed by atoms with Gasteiger partial charge in [-0.2, -0.15) is 0 Å². The summed E-state index contributed by atoms with van der Waals surface area (Å²) in [6.07, 6.45) is 2.33. The van der Waals surface area contributed by atoms with Crippen molar-refractivity contribution in [1.29, 1.82) is 0 Å². The SMILES string of the molecule is CC(=O)N[C@@H]1[C@H]2CC[C@H]1N(c1nnc(Br)s1)C2. The number of nitrogens with zero attached hydrogens (tertiary/aromatic N) is 3. The van der Waals surface area contributed by atoms with Crippen LogP contribution in [-0.4, -0.2) is 34.7 Å². The number of aromatic nitrogens is 2. The third-order valence-electron chi connectivity index (χ3n) is 3.59. The normalized spacial score (nSPS) is 30.9. The van der Waals surface area contributed by atoms with Gasteiger partial charge in [0.1, 0.15) is 0 Å². The predicted octanol–water partition coefficient (Wildman–Crippen LogP) is 1.40. The molecule has 2 bridgehead atoms. The maximum atomic E-state index is 11.2. The monoisotopic (exact) mass is 316 g/mol. The predicted molar refractivity (Wildman–Crippen MR) is 69.1 cm³/mol. The van der Waals surface area contributed by atoms with Crippen LogP contribution in [0.5, 0.6) is 0 Å². The zero-order chi connectivity index (χ0) is 12.0. The summed E-state index contributed by atoms with van der Waals surface area (Å²) in [5.74, 6) is 0.624. The summed E-state index contributed by atoms with van der Waals surface area (Å²) in [6.45, 7) is 2.57. The van der Waals surface area contributed by atoms with E-state index in [1.54, 1.807) is 18.3 Å². The van der Waals surface area contributed by atoms with Crippen molar-refractivity contribution in [2.24, 2.45) is 5.92 Å². The van der Waals surface area contributed by atoms with Gasteiger partial charge in [0.15, 0.2) is 3.92 Å². The fraction of sp³-hybridized carbons (Fsp3) is 0.700. The van der Waals surface area contributed by atoms with Crippen molar-refractivity contribution in [3.8, 4) is 0 Å². The number of hydrogen-bond donors (Lipinski definition) is 1. The second-order valence-corrected chi connectivity index (χ2v) is 6.85. The van der Waals surface area contributed by atoms with E-state index < -0.39 is 0 Å². The number of rotatable bonds is 2. The molecular weight excluding hydrogens is 304 g/mol. The lowest BCUT2D eigenvalue weighted by atomic mass is 10.1. The van der Waals surface area contributed by atoms with Crippen LogP contribution >= 0.6 is 27.3 Å². The fourth-order valence-electron chi connectivity index (χ4n) is 2.98. The quantitative estimate of drug-likeness (QED) is 0.896. The van der Waals surface area contributed by atoms with Gasteiger partial charge in [0, 0.05) is 13.5 Å². The Morgan fingerprint density at radius 3 is 3.00 bits per heavy atom. The maximum absolute atomic E-state index is 11.2. The second-order valence-electron chi connectivity index (χ2n) is 4.62. The molecule has 2 heterocycles. The van der Waals surface area contributed by atoms with Crippen molar-refractivity contribution >= 4 is 38.3 Å². The van der Waals surface area contributed by atoms with E-state index in [4.69, 9.17) is 0 Å². The number of piperidine rings is 1. The number of fused-ring (bicyclic) bond motifs is 2. The van der Waals surface area contributed by atoms with Crippen LogP contribution in [0.4, 0.5) is 5.13 Å². The zero-order valence-electron chi connectivity index (χ0n) is 9.39. The topological polar surface area (TPSA) is 58.1 Å². The van der Waals surface area contributed by atoms with Gasteiger partial charge in [-0.1, -0.05) is 11.3 Å². The van der Waals surface area contributed by atoms with E-state index >= 15 is 0 Å². The van der Waals surface area contributed by atoms with Crippen molar-refractivity contribution in [1.82, 2.24) is 15.5 Å². The van der Waals surface area contributed by atoms with Gasteiger partial charge in [-0.05, 0) is 34.7 Å². The highest BCUT2D eigenvalue weighted by atomic mass is 79.9. The molecular formula is C10H13BrN4OS. The standard InChI is InChI=1S/C10H13BrN4OS/c1-5(16)12-8-6-2-3-7(8)15(4-6)10-14-13-9(11)17-10/h6-8H,2-4H2,1H3,(H,12,16)/t6-,7+,8+/m0/s1. The molecule has 1 amide bonds. The molecule has 2 fully saturated rings. The van der Waals surface area contributed by atoms with Gasteiger partial charge in [0.25, 0.3) is 0 Å². The van der Waals surface area contributed by atoms with Crippen LogP contribution in [0.3, 0.4) is 0 Å². The van der Waals surface area contributed by atoms with Crippen LogP contribution in [0.15, 0.2) is 3.92 Å². The van der Waals surface area contributed by atoms with Crippen LogP contribution in [0.25, 0.3) is 0 Å². The molecule has 0 spiro atoms. The van der Waals surface area contributed by atoms with E-state index in [1.165, 1.54) is 6.42 Å². The van der Waals surface area contributed by atoms with Gasteiger partial charge in [-0.15, -0.1) is 10.2 Å². The van der Waals surface area contributed by atoms with E-state index in [9.17, 15) is 4.79 Å². The third kappa shape index (κ3) is 1.95. The number of carbonyl (C=O) groups is 1. The molecule has 2 aliphatic rings. The number of halogens is 1. The lowest BCUT2D eigenvalue weighted by molar-refractivity contribution is -0.119. The summed E-state index contributed by atoms with van der Waals surface area (Å²) < 4.78 is 0.811. The van der Waals surface area contributed by atoms with Crippen LogP contribution in [-0.2, 0) is 4.79 Å². The first-order valence-corrected chi connectivity index (χ1v) is 7.29. The Hall–Kier alpha value is -0.690. The number of amides is 1. The van der Waals surface area contributed by atoms with Gasteiger partial charge in [0.05, 0.1) is 12.1 Å². The smallest absolute Gasteiger partial charge is 0.217 e. The first-order chi connectivity index (χ1) is 8.15. The third-order valence-corrected chi connectivity index (χ3v) is 4.99.